The maximum Gasteiger partial charge on any atom is 0.306 e. The number of carbonyl (C=O) groups excluding carboxylic acids is 3. The Balaban J connectivity index is 3.97. The Labute approximate surface area is 456 Å². The van der Waals surface area contributed by atoms with E-state index in [0.717, 1.165) is 64.2 Å². The van der Waals surface area contributed by atoms with Crippen molar-refractivity contribution in [3.8, 4) is 0 Å². The average molecular weight is 1030 g/mol. The van der Waals surface area contributed by atoms with Crippen LogP contribution < -0.4 is 0 Å². The van der Waals surface area contributed by atoms with Crippen LogP contribution in [0.3, 0.4) is 0 Å². The summed E-state index contributed by atoms with van der Waals surface area (Å²) in [5, 5.41) is 0. The topological polar surface area (TPSA) is 78.9 Å². The first-order chi connectivity index (χ1) is 36.0. The van der Waals surface area contributed by atoms with Crippen molar-refractivity contribution >= 4 is 17.9 Å². The van der Waals surface area contributed by atoms with Crippen LogP contribution in [0.15, 0.2) is 12.2 Å². The van der Waals surface area contributed by atoms with Crippen LogP contribution in [0.4, 0.5) is 0 Å². The first kappa shape index (κ1) is 71.2. The van der Waals surface area contributed by atoms with Gasteiger partial charge in [0.25, 0.3) is 0 Å². The summed E-state index contributed by atoms with van der Waals surface area (Å²) in [6.07, 6.45) is 74.1. The average Bonchev–Trinajstić information content (AvgIpc) is 3.39. The second kappa shape index (κ2) is 62.7. The van der Waals surface area contributed by atoms with Gasteiger partial charge in [0.1, 0.15) is 13.2 Å². The molecule has 0 saturated heterocycles. The summed E-state index contributed by atoms with van der Waals surface area (Å²) >= 11 is 0. The fourth-order valence-corrected chi connectivity index (χ4v) is 10.3. The Morgan fingerprint density at radius 2 is 0.452 bits per heavy atom. The second-order valence-corrected chi connectivity index (χ2v) is 22.7. The van der Waals surface area contributed by atoms with Gasteiger partial charge in [-0.25, -0.2) is 0 Å². The van der Waals surface area contributed by atoms with Gasteiger partial charge in [0, 0.05) is 19.3 Å². The predicted octanol–water partition coefficient (Wildman–Crippen LogP) is 22.4. The van der Waals surface area contributed by atoms with Crippen LogP contribution >= 0.6 is 0 Å². The number of ether oxygens (including phenoxy) is 3. The number of hydrogen-bond donors (Lipinski definition) is 0. The van der Waals surface area contributed by atoms with E-state index in [-0.39, 0.29) is 31.1 Å². The number of rotatable bonds is 62. The molecule has 6 nitrogen and oxygen atoms in total. The molecule has 73 heavy (non-hydrogen) atoms. The van der Waals surface area contributed by atoms with Crippen molar-refractivity contribution in [2.45, 2.75) is 386 Å². The molecule has 0 aromatic heterocycles. The molecule has 0 aliphatic carbocycles. The van der Waals surface area contributed by atoms with Crippen LogP contribution in [-0.2, 0) is 28.6 Å². The maximum atomic E-state index is 12.8. The lowest BCUT2D eigenvalue weighted by molar-refractivity contribution is -0.167. The van der Waals surface area contributed by atoms with Gasteiger partial charge in [-0.05, 0) is 44.9 Å². The fourth-order valence-electron chi connectivity index (χ4n) is 10.3. The Morgan fingerprint density at radius 3 is 0.685 bits per heavy atom. The molecule has 0 radical (unpaired) electrons. The highest BCUT2D eigenvalue weighted by Crippen LogP contribution is 2.19. The smallest absolute Gasteiger partial charge is 0.306 e. The SMILES string of the molecule is CCCCCCC/C=C\CCCCCCCC(=O)OC(COC(=O)CCCCCCCCCCC)COC(=O)CCCCCCCCCCCCCCCCCCCCCCCCCCCCCCCCCC. The molecule has 0 bridgehead atoms. The zero-order chi connectivity index (χ0) is 52.9. The van der Waals surface area contributed by atoms with Crippen LogP contribution in [0.2, 0.25) is 0 Å². The van der Waals surface area contributed by atoms with Crippen LogP contribution in [0.25, 0.3) is 0 Å². The number of esters is 3. The molecule has 6 heteroatoms. The highest BCUT2D eigenvalue weighted by Gasteiger charge is 2.19. The van der Waals surface area contributed by atoms with Crippen molar-refractivity contribution in [3.05, 3.63) is 12.2 Å². The summed E-state index contributed by atoms with van der Waals surface area (Å²) < 4.78 is 16.9. The number of hydrogen-bond acceptors (Lipinski definition) is 6. The molecule has 0 N–H and O–H groups in total. The van der Waals surface area contributed by atoms with Crippen LogP contribution in [0.5, 0.6) is 0 Å². The van der Waals surface area contributed by atoms with E-state index < -0.39 is 6.10 Å². The van der Waals surface area contributed by atoms with Crippen molar-refractivity contribution in [2.75, 3.05) is 13.2 Å². The summed E-state index contributed by atoms with van der Waals surface area (Å²) in [7, 11) is 0. The Bertz CT molecular complexity index is 1130. The van der Waals surface area contributed by atoms with E-state index in [0.29, 0.717) is 19.3 Å². The maximum absolute atomic E-state index is 12.8. The van der Waals surface area contributed by atoms with E-state index in [4.69, 9.17) is 14.2 Å². The lowest BCUT2D eigenvalue weighted by Crippen LogP contribution is -2.30. The molecule has 1 atom stereocenters. The van der Waals surface area contributed by atoms with Gasteiger partial charge >= 0.3 is 17.9 Å². The van der Waals surface area contributed by atoms with Crippen molar-refractivity contribution in [1.82, 2.24) is 0 Å². The highest BCUT2D eigenvalue weighted by molar-refractivity contribution is 5.71. The summed E-state index contributed by atoms with van der Waals surface area (Å²) in [5.74, 6) is -0.854. The number of carbonyl (C=O) groups is 3. The normalized spacial score (nSPS) is 12.0. The number of unbranched alkanes of at least 4 members (excludes halogenated alkanes) is 49. The molecule has 1 unspecified atom stereocenters. The minimum atomic E-state index is -0.768. The van der Waals surface area contributed by atoms with Crippen molar-refractivity contribution in [2.24, 2.45) is 0 Å². The van der Waals surface area contributed by atoms with Gasteiger partial charge in [-0.2, -0.15) is 0 Å². The van der Waals surface area contributed by atoms with Crippen molar-refractivity contribution in [3.63, 3.8) is 0 Å². The standard InChI is InChI=1S/C67H128O6/c1-4-7-10-13-16-19-21-23-25-26-27-28-29-30-31-32-33-34-35-36-37-38-39-40-41-42-44-45-48-51-54-57-60-66(69)72-63-64(62-71-65(68)59-56-53-50-47-18-15-12-9-6-3)73-67(70)61-58-55-52-49-46-43-24-22-20-17-14-11-8-5-2/h22,24,64H,4-21,23,25-63H2,1-3H3/b24-22-. The predicted molar refractivity (Wildman–Crippen MR) is 317 cm³/mol. The van der Waals surface area contributed by atoms with Gasteiger partial charge in [0.2, 0.25) is 0 Å². The van der Waals surface area contributed by atoms with E-state index in [1.807, 2.05) is 0 Å². The molecule has 0 aromatic rings. The molecule has 0 spiro atoms. The molecule has 0 aliphatic heterocycles. The van der Waals surface area contributed by atoms with Gasteiger partial charge in [0.15, 0.2) is 6.10 Å². The molecule has 0 fully saturated rings. The third-order valence-corrected chi connectivity index (χ3v) is 15.3. The van der Waals surface area contributed by atoms with E-state index in [1.165, 1.54) is 276 Å². The first-order valence-corrected chi connectivity index (χ1v) is 33.2. The fraction of sp³-hybridized carbons (Fsp3) is 0.925. The molecule has 0 saturated carbocycles. The van der Waals surface area contributed by atoms with Gasteiger partial charge in [-0.15, -0.1) is 0 Å². The lowest BCUT2D eigenvalue weighted by Gasteiger charge is -2.18. The minimum Gasteiger partial charge on any atom is -0.462 e. The van der Waals surface area contributed by atoms with Gasteiger partial charge < -0.3 is 14.2 Å². The zero-order valence-electron chi connectivity index (χ0n) is 49.7. The monoisotopic (exact) mass is 1030 g/mol. The highest BCUT2D eigenvalue weighted by atomic mass is 16.6. The number of allylic oxidation sites excluding steroid dienone is 2. The third kappa shape index (κ3) is 60.9. The van der Waals surface area contributed by atoms with Crippen LogP contribution in [-0.4, -0.2) is 37.2 Å². The molecule has 0 heterocycles. The van der Waals surface area contributed by atoms with E-state index >= 15 is 0 Å². The van der Waals surface area contributed by atoms with Crippen molar-refractivity contribution in [1.29, 1.82) is 0 Å². The van der Waals surface area contributed by atoms with E-state index in [2.05, 4.69) is 32.9 Å². The quantitative estimate of drug-likeness (QED) is 0.0261. The largest absolute Gasteiger partial charge is 0.462 e. The lowest BCUT2D eigenvalue weighted by atomic mass is 10.0. The first-order valence-electron chi connectivity index (χ1n) is 33.2. The molecule has 0 rings (SSSR count). The molecule has 0 aromatic carbocycles. The Morgan fingerprint density at radius 1 is 0.260 bits per heavy atom. The molecule has 0 aliphatic rings. The molecule has 432 valence electrons. The molecule has 0 amide bonds. The molecular weight excluding hydrogens is 901 g/mol. The zero-order valence-corrected chi connectivity index (χ0v) is 49.7. The van der Waals surface area contributed by atoms with Gasteiger partial charge in [0.05, 0.1) is 0 Å². The van der Waals surface area contributed by atoms with Crippen LogP contribution in [0.1, 0.15) is 380 Å². The molecular formula is C67H128O6. The van der Waals surface area contributed by atoms with Crippen LogP contribution in [0, 0.1) is 0 Å². The Hall–Kier alpha value is -1.85. The van der Waals surface area contributed by atoms with E-state index in [1.54, 1.807) is 0 Å². The minimum absolute atomic E-state index is 0.0677. The summed E-state index contributed by atoms with van der Waals surface area (Å²) in [4.78, 5) is 38.1. The summed E-state index contributed by atoms with van der Waals surface area (Å²) in [5.41, 5.74) is 0. The van der Waals surface area contributed by atoms with Crippen molar-refractivity contribution < 1.29 is 28.6 Å². The second-order valence-electron chi connectivity index (χ2n) is 22.7. The van der Waals surface area contributed by atoms with E-state index in [9.17, 15) is 14.4 Å². The summed E-state index contributed by atoms with van der Waals surface area (Å²) in [6, 6.07) is 0. The van der Waals surface area contributed by atoms with Gasteiger partial charge in [-0.3, -0.25) is 14.4 Å². The Kier molecular flexibility index (Phi) is 61.1. The summed E-state index contributed by atoms with van der Waals surface area (Å²) in [6.45, 7) is 6.67. The third-order valence-electron chi connectivity index (χ3n) is 15.3. The van der Waals surface area contributed by atoms with Gasteiger partial charge in [-0.1, -0.05) is 328 Å².